The Morgan fingerprint density at radius 2 is 1.70 bits per heavy atom. The van der Waals surface area contributed by atoms with Crippen molar-refractivity contribution in [3.05, 3.63) is 63.3 Å². The van der Waals surface area contributed by atoms with Crippen LogP contribution in [0.5, 0.6) is 5.75 Å². The van der Waals surface area contributed by atoms with E-state index < -0.39 is 74.7 Å². The van der Waals surface area contributed by atoms with Gasteiger partial charge in [-0.15, -0.1) is 23.2 Å². The molecular weight excluding hydrogens is 671 g/mol. The number of hydrazine groups is 1. The molecule has 232 valence electrons. The summed E-state index contributed by atoms with van der Waals surface area (Å²) in [5.41, 5.74) is -0.793. The molecule has 16 heteroatoms. The van der Waals surface area contributed by atoms with Crippen molar-refractivity contribution in [2.75, 3.05) is 19.1 Å². The third-order valence-electron chi connectivity index (χ3n) is 9.02. The van der Waals surface area contributed by atoms with Crippen molar-refractivity contribution in [2.45, 2.75) is 34.7 Å². The van der Waals surface area contributed by atoms with Crippen LogP contribution in [0, 0.1) is 17.8 Å². The molecule has 0 spiro atoms. The maximum atomic E-state index is 14.1. The topological polar surface area (TPSA) is 111 Å². The summed E-state index contributed by atoms with van der Waals surface area (Å²) in [6, 6.07) is 5.72. The molecule has 1 aromatic carbocycles. The quantitative estimate of drug-likeness (QED) is 0.269. The predicted molar refractivity (Wildman–Crippen MR) is 153 cm³/mol. The van der Waals surface area contributed by atoms with E-state index in [1.54, 1.807) is 6.08 Å². The predicted octanol–water partition coefficient (Wildman–Crippen LogP) is 5.15. The third-order valence-corrected chi connectivity index (χ3v) is 11.0. The number of carbonyl (C=O) groups excluding carboxylic acids is 4. The van der Waals surface area contributed by atoms with E-state index in [1.165, 1.54) is 32.3 Å². The molecule has 4 aliphatic rings. The molecule has 2 aromatic rings. The highest BCUT2D eigenvalue weighted by molar-refractivity contribution is 6.53. The lowest BCUT2D eigenvalue weighted by Crippen LogP contribution is -2.60. The van der Waals surface area contributed by atoms with Gasteiger partial charge >= 0.3 is 6.18 Å². The van der Waals surface area contributed by atoms with Gasteiger partial charge in [-0.2, -0.15) is 18.2 Å². The zero-order valence-corrected chi connectivity index (χ0v) is 25.7. The minimum atomic E-state index is -4.82. The van der Waals surface area contributed by atoms with Crippen LogP contribution in [-0.2, 0) is 25.4 Å². The molecule has 3 heterocycles. The van der Waals surface area contributed by atoms with Crippen molar-refractivity contribution in [3.8, 4) is 5.75 Å². The van der Waals surface area contributed by atoms with Gasteiger partial charge in [-0.25, -0.2) is 4.98 Å². The van der Waals surface area contributed by atoms with Gasteiger partial charge in [-0.1, -0.05) is 34.9 Å². The first kappa shape index (κ1) is 30.9. The second kappa shape index (κ2) is 9.97. The number of aromatic hydroxyl groups is 1. The maximum Gasteiger partial charge on any atom is 0.433 e. The number of likely N-dealkylation sites (tertiary alicyclic amines) is 1. The summed E-state index contributed by atoms with van der Waals surface area (Å²) in [5.74, 6) is -8.26. The van der Waals surface area contributed by atoms with Gasteiger partial charge in [0.2, 0.25) is 0 Å². The van der Waals surface area contributed by atoms with Crippen LogP contribution < -0.4 is 5.01 Å². The minimum absolute atomic E-state index is 0.0206. The zero-order chi connectivity index (χ0) is 32.3. The highest BCUT2D eigenvalue weighted by Crippen LogP contribution is 2.66. The number of amides is 4. The number of halogens is 7. The van der Waals surface area contributed by atoms with Gasteiger partial charge in [0.25, 0.3) is 23.6 Å². The van der Waals surface area contributed by atoms with Crippen LogP contribution in [0.25, 0.3) is 0 Å². The van der Waals surface area contributed by atoms with Crippen LogP contribution in [0.3, 0.4) is 0 Å². The van der Waals surface area contributed by atoms with Crippen molar-refractivity contribution in [3.63, 3.8) is 0 Å². The summed E-state index contributed by atoms with van der Waals surface area (Å²) in [5, 5.41) is 12.4. The molecule has 2 aliphatic carbocycles. The molecule has 9 nitrogen and oxygen atoms in total. The fraction of sp³-hybridized carbons (Fsp3) is 0.393. The first-order valence-electron chi connectivity index (χ1n) is 13.2. The van der Waals surface area contributed by atoms with E-state index >= 15 is 0 Å². The molecule has 6 rings (SSSR count). The number of nitrogens with zero attached hydrogens (tertiary/aromatic N) is 4. The van der Waals surface area contributed by atoms with E-state index in [2.05, 4.69) is 4.98 Å². The van der Waals surface area contributed by atoms with Gasteiger partial charge in [0.05, 0.1) is 16.9 Å². The Labute approximate surface area is 268 Å². The first-order chi connectivity index (χ1) is 20.4. The number of carbonyl (C=O) groups is 4. The van der Waals surface area contributed by atoms with Gasteiger partial charge in [0.15, 0.2) is 15.6 Å². The van der Waals surface area contributed by atoms with Crippen LogP contribution in [0.2, 0.25) is 10.0 Å². The Bertz CT molecular complexity index is 1710. The lowest BCUT2D eigenvalue weighted by atomic mass is 9.56. The molecule has 1 N–H and O–H groups in total. The van der Waals surface area contributed by atoms with E-state index in [0.717, 1.165) is 16.0 Å². The lowest BCUT2D eigenvalue weighted by molar-refractivity contribution is -0.141. The highest BCUT2D eigenvalue weighted by atomic mass is 35.5. The summed E-state index contributed by atoms with van der Waals surface area (Å²) in [6.07, 6.45) is -3.53. The van der Waals surface area contributed by atoms with Gasteiger partial charge in [0.1, 0.15) is 11.4 Å². The number of fused-ring (bicyclic) bond motifs is 4. The molecule has 2 aliphatic heterocycles. The van der Waals surface area contributed by atoms with E-state index in [1.807, 2.05) is 0 Å². The average Bonchev–Trinajstić information content (AvgIpc) is 3.28. The maximum absolute atomic E-state index is 14.1. The Morgan fingerprint density at radius 1 is 1.02 bits per heavy atom. The summed E-state index contributed by atoms with van der Waals surface area (Å²) in [7, 11) is 2.41. The van der Waals surface area contributed by atoms with E-state index in [0.29, 0.717) is 16.6 Å². The fourth-order valence-corrected chi connectivity index (χ4v) is 8.46. The average molecular weight is 692 g/mol. The SMILES string of the molecule is CN1C(=O)[C@]2(Cl)C[C@@H]3C(=CC[C@@H]4C(=O)N(N(C)c5nc(C(F)(F)F)ccc5Cl)C(=O)[C@@H]43)[C@H](c3cc(Cl)ccc3O)[C@]2(Cl)C1=O. The number of aromatic nitrogens is 1. The van der Waals surface area contributed by atoms with E-state index in [4.69, 9.17) is 46.4 Å². The molecule has 2 saturated heterocycles. The van der Waals surface area contributed by atoms with Gasteiger partial charge in [-0.05, 0) is 49.1 Å². The largest absolute Gasteiger partial charge is 0.508 e. The smallest absolute Gasteiger partial charge is 0.433 e. The monoisotopic (exact) mass is 690 g/mol. The normalized spacial score (nSPS) is 31.6. The summed E-state index contributed by atoms with van der Waals surface area (Å²) < 4.78 is 40.3. The van der Waals surface area contributed by atoms with Crippen molar-refractivity contribution < 1.29 is 37.5 Å². The van der Waals surface area contributed by atoms with Crippen LogP contribution in [0.15, 0.2) is 42.0 Å². The second-order valence-electron chi connectivity index (χ2n) is 11.2. The number of phenols is 1. The van der Waals surface area contributed by atoms with Gasteiger partial charge < -0.3 is 5.11 Å². The Balaban J connectivity index is 1.47. The number of benzene rings is 1. The van der Waals surface area contributed by atoms with Crippen LogP contribution in [0.1, 0.15) is 30.0 Å². The molecule has 3 fully saturated rings. The highest BCUT2D eigenvalue weighted by Gasteiger charge is 2.76. The number of anilines is 1. The van der Waals surface area contributed by atoms with Crippen LogP contribution in [-0.4, -0.2) is 67.5 Å². The Hall–Kier alpha value is -3.06. The summed E-state index contributed by atoms with van der Waals surface area (Å²) in [6.45, 7) is 0. The number of allylic oxidation sites excluding steroid dienone is 2. The summed E-state index contributed by atoms with van der Waals surface area (Å²) in [4.78, 5) is 55.1. The van der Waals surface area contributed by atoms with Crippen LogP contribution >= 0.6 is 46.4 Å². The van der Waals surface area contributed by atoms with Gasteiger partial charge in [-0.3, -0.25) is 29.1 Å². The van der Waals surface area contributed by atoms with E-state index in [-0.39, 0.29) is 34.2 Å². The zero-order valence-electron chi connectivity index (χ0n) is 22.7. The standard InChI is InChI=1S/C28H21Cl4F3N4O5/c1-37-24(43)26(31)10-15-12(20(27(26,32)25(37)44)14-9-11(29)3-7-17(14)40)4-5-13-19(15)23(42)39(22(13)41)38(2)21-16(30)6-8-18(36-21)28(33,34)35/h3-4,6-9,13,15,19-20,40H,5,10H2,1-2H3/t13-,15+,19-,20+,26+,27-/m0/s1. The number of rotatable bonds is 3. The molecule has 44 heavy (non-hydrogen) atoms. The Kier molecular flexibility index (Phi) is 7.01. The first-order valence-corrected chi connectivity index (χ1v) is 14.7. The number of hydrogen-bond donors (Lipinski definition) is 1. The molecule has 6 atom stereocenters. The molecule has 4 amide bonds. The van der Waals surface area contributed by atoms with E-state index in [9.17, 15) is 37.5 Å². The lowest BCUT2D eigenvalue weighted by Gasteiger charge is -2.50. The van der Waals surface area contributed by atoms with Crippen molar-refractivity contribution >= 4 is 75.9 Å². The number of pyridine rings is 1. The molecule has 0 unspecified atom stereocenters. The second-order valence-corrected chi connectivity index (χ2v) is 13.3. The minimum Gasteiger partial charge on any atom is -0.508 e. The number of hydrogen-bond acceptors (Lipinski definition) is 7. The molecule has 1 aromatic heterocycles. The summed E-state index contributed by atoms with van der Waals surface area (Å²) >= 11 is 26.5. The van der Waals surface area contributed by atoms with Gasteiger partial charge in [0, 0.05) is 30.6 Å². The molecule has 1 saturated carbocycles. The molecular formula is C28H21Cl4F3N4O5. The number of phenolic OH excluding ortho intramolecular Hbond substituents is 1. The molecule has 0 bridgehead atoms. The fourth-order valence-electron chi connectivity index (χ4n) is 7.04. The van der Waals surface area contributed by atoms with Crippen molar-refractivity contribution in [2.24, 2.45) is 17.8 Å². The third kappa shape index (κ3) is 4.03. The number of imide groups is 2. The number of alkyl halides is 5. The van der Waals surface area contributed by atoms with Crippen LogP contribution in [0.4, 0.5) is 19.0 Å². The Morgan fingerprint density at radius 3 is 2.36 bits per heavy atom. The van der Waals surface area contributed by atoms with Crippen molar-refractivity contribution in [1.82, 2.24) is 14.9 Å². The van der Waals surface area contributed by atoms with Crippen molar-refractivity contribution in [1.29, 1.82) is 0 Å². The molecule has 0 radical (unpaired) electrons.